The van der Waals surface area contributed by atoms with E-state index in [0.717, 1.165) is 66.2 Å². The van der Waals surface area contributed by atoms with Gasteiger partial charge in [-0.15, -0.1) is 0 Å². The van der Waals surface area contributed by atoms with E-state index in [9.17, 15) is 0 Å². The van der Waals surface area contributed by atoms with Gasteiger partial charge in [-0.2, -0.15) is 0 Å². The van der Waals surface area contributed by atoms with Crippen molar-refractivity contribution in [2.75, 3.05) is 0 Å². The van der Waals surface area contributed by atoms with Crippen molar-refractivity contribution in [3.8, 4) is 51.4 Å². The second-order valence-corrected chi connectivity index (χ2v) is 12.1. The van der Waals surface area contributed by atoms with E-state index in [-0.39, 0.29) is 0 Å². The van der Waals surface area contributed by atoms with Crippen molar-refractivity contribution in [1.82, 2.24) is 29.5 Å². The molecule has 10 rings (SSSR count). The molecule has 0 bridgehead atoms. The Kier molecular flexibility index (Phi) is 6.35. The zero-order valence-electron chi connectivity index (χ0n) is 26.6. The third-order valence-corrected chi connectivity index (χ3v) is 9.09. The monoisotopic (exact) mass is 642 g/mol. The predicted octanol–water partition coefficient (Wildman–Crippen LogP) is 10.3. The van der Waals surface area contributed by atoms with E-state index in [1.165, 1.54) is 0 Å². The molecule has 0 N–H and O–H groups in total. The van der Waals surface area contributed by atoms with Gasteiger partial charge in [-0.3, -0.25) is 4.57 Å². The fourth-order valence-corrected chi connectivity index (χ4v) is 6.74. The van der Waals surface area contributed by atoms with E-state index in [4.69, 9.17) is 29.3 Å². The van der Waals surface area contributed by atoms with Crippen molar-refractivity contribution in [2.24, 2.45) is 0 Å². The molecule has 0 unspecified atom stereocenters. The predicted molar refractivity (Wildman–Crippen MR) is 199 cm³/mol. The van der Waals surface area contributed by atoms with E-state index in [2.05, 4.69) is 53.1 Å². The molecular formula is C43H26N6O. The van der Waals surface area contributed by atoms with Crippen molar-refractivity contribution >= 4 is 43.9 Å². The minimum atomic E-state index is 0.569. The van der Waals surface area contributed by atoms with E-state index >= 15 is 0 Å². The lowest BCUT2D eigenvalue weighted by molar-refractivity contribution is 0.666. The summed E-state index contributed by atoms with van der Waals surface area (Å²) in [6.45, 7) is 0. The number of hydrogen-bond acceptors (Lipinski definition) is 6. The summed E-state index contributed by atoms with van der Waals surface area (Å²) >= 11 is 0. The number of aromatic nitrogens is 6. The van der Waals surface area contributed by atoms with Crippen LogP contribution in [0.25, 0.3) is 95.2 Å². The molecule has 0 fully saturated rings. The number of fused-ring (bicyclic) bond motifs is 6. The van der Waals surface area contributed by atoms with Crippen LogP contribution < -0.4 is 0 Å². The van der Waals surface area contributed by atoms with Gasteiger partial charge in [0.15, 0.2) is 23.1 Å². The van der Waals surface area contributed by atoms with Crippen LogP contribution in [0.4, 0.5) is 0 Å². The summed E-state index contributed by atoms with van der Waals surface area (Å²) in [5, 5.41) is 3.07. The highest BCUT2D eigenvalue weighted by Crippen LogP contribution is 2.38. The van der Waals surface area contributed by atoms with E-state index < -0.39 is 0 Å². The molecule has 6 aromatic carbocycles. The SMILES string of the molecule is c1ccc(-c2nc(-c3ccccc3)nc(-c3ccc4c(c3)c3ccccc3n4-c3nc(-c4ccccc4)c4oc5ccccc5c4n3)n2)cc1. The van der Waals surface area contributed by atoms with Crippen molar-refractivity contribution in [2.45, 2.75) is 0 Å². The summed E-state index contributed by atoms with van der Waals surface area (Å²) in [5.74, 6) is 2.42. The second kappa shape index (κ2) is 11.3. The summed E-state index contributed by atoms with van der Waals surface area (Å²) in [4.78, 5) is 25.3. The molecular weight excluding hydrogens is 617 g/mol. The fraction of sp³-hybridized carbons (Fsp3) is 0. The van der Waals surface area contributed by atoms with Crippen LogP contribution in [-0.2, 0) is 0 Å². The first-order chi connectivity index (χ1) is 24.8. The summed E-state index contributed by atoms with van der Waals surface area (Å²) in [5.41, 5.74) is 8.65. The zero-order valence-corrected chi connectivity index (χ0v) is 26.6. The van der Waals surface area contributed by atoms with Crippen LogP contribution in [0, 0.1) is 0 Å². The van der Waals surface area contributed by atoms with Gasteiger partial charge >= 0.3 is 0 Å². The topological polar surface area (TPSA) is 82.5 Å². The van der Waals surface area contributed by atoms with Gasteiger partial charge in [0.2, 0.25) is 5.95 Å². The lowest BCUT2D eigenvalue weighted by atomic mass is 10.1. The van der Waals surface area contributed by atoms with Gasteiger partial charge in [0.05, 0.1) is 11.0 Å². The van der Waals surface area contributed by atoms with Crippen LogP contribution in [0.3, 0.4) is 0 Å². The van der Waals surface area contributed by atoms with Crippen LogP contribution in [0.5, 0.6) is 0 Å². The van der Waals surface area contributed by atoms with E-state index in [0.29, 0.717) is 29.0 Å². The lowest BCUT2D eigenvalue weighted by Gasteiger charge is -2.10. The Morgan fingerprint density at radius 1 is 0.400 bits per heavy atom. The molecule has 0 radical (unpaired) electrons. The molecule has 0 saturated carbocycles. The summed E-state index contributed by atoms with van der Waals surface area (Å²) in [7, 11) is 0. The number of nitrogens with zero attached hydrogens (tertiary/aromatic N) is 6. The molecule has 10 aromatic rings. The number of hydrogen-bond donors (Lipinski definition) is 0. The Labute approximate surface area is 286 Å². The van der Waals surface area contributed by atoms with Crippen LogP contribution in [0.1, 0.15) is 0 Å². The van der Waals surface area contributed by atoms with Crippen molar-refractivity contribution < 1.29 is 4.42 Å². The van der Waals surface area contributed by atoms with E-state index in [1.54, 1.807) is 0 Å². The zero-order chi connectivity index (χ0) is 33.0. The maximum Gasteiger partial charge on any atom is 0.236 e. The summed E-state index contributed by atoms with van der Waals surface area (Å²) in [6, 6.07) is 52.9. The molecule has 7 nitrogen and oxygen atoms in total. The highest BCUT2D eigenvalue weighted by molar-refractivity contribution is 6.11. The fourth-order valence-electron chi connectivity index (χ4n) is 6.74. The van der Waals surface area contributed by atoms with Crippen LogP contribution in [0.15, 0.2) is 162 Å². The molecule has 234 valence electrons. The van der Waals surface area contributed by atoms with Gasteiger partial charge in [0, 0.05) is 38.4 Å². The first-order valence-corrected chi connectivity index (χ1v) is 16.4. The molecule has 0 amide bonds. The molecule has 0 aliphatic heterocycles. The Hall–Kier alpha value is -6.99. The Morgan fingerprint density at radius 3 is 1.62 bits per heavy atom. The Bertz CT molecular complexity index is 2810. The highest BCUT2D eigenvalue weighted by atomic mass is 16.3. The number of rotatable bonds is 5. The molecule has 0 saturated heterocycles. The normalized spacial score (nSPS) is 11.6. The van der Waals surface area contributed by atoms with Crippen molar-refractivity contribution in [3.05, 3.63) is 158 Å². The molecule has 0 atom stereocenters. The molecule has 4 aromatic heterocycles. The highest BCUT2D eigenvalue weighted by Gasteiger charge is 2.21. The quantitative estimate of drug-likeness (QED) is 0.186. The minimum Gasteiger partial charge on any atom is -0.452 e. The van der Waals surface area contributed by atoms with E-state index in [1.807, 2.05) is 109 Å². The van der Waals surface area contributed by atoms with Gasteiger partial charge in [-0.05, 0) is 36.4 Å². The van der Waals surface area contributed by atoms with Gasteiger partial charge in [-0.25, -0.2) is 24.9 Å². The first-order valence-electron chi connectivity index (χ1n) is 16.4. The van der Waals surface area contributed by atoms with Gasteiger partial charge in [0.1, 0.15) is 16.8 Å². The summed E-state index contributed by atoms with van der Waals surface area (Å²) in [6.07, 6.45) is 0. The molecule has 7 heteroatoms. The molecule has 4 heterocycles. The Morgan fingerprint density at radius 2 is 0.940 bits per heavy atom. The van der Waals surface area contributed by atoms with Gasteiger partial charge in [0.25, 0.3) is 0 Å². The second-order valence-electron chi connectivity index (χ2n) is 12.1. The molecule has 0 aliphatic rings. The number of para-hydroxylation sites is 2. The standard InChI is InChI=1S/C43H26N6O/c1-4-14-27(15-5-1)37-39-38(32-21-11-13-23-36(32)50-39)45-43(44-37)49-34-22-12-10-20-31(34)33-26-30(24-25-35(33)49)42-47-40(28-16-6-2-7-17-28)46-41(48-42)29-18-8-3-9-19-29/h1-26H. The molecule has 50 heavy (non-hydrogen) atoms. The lowest BCUT2D eigenvalue weighted by Crippen LogP contribution is -2.03. The van der Waals surface area contributed by atoms with Gasteiger partial charge in [-0.1, -0.05) is 121 Å². The Balaban J connectivity index is 1.21. The smallest absolute Gasteiger partial charge is 0.236 e. The largest absolute Gasteiger partial charge is 0.452 e. The maximum absolute atomic E-state index is 6.38. The average Bonchev–Trinajstić information content (AvgIpc) is 3.74. The minimum absolute atomic E-state index is 0.569. The number of furan rings is 1. The van der Waals surface area contributed by atoms with Crippen LogP contribution in [0.2, 0.25) is 0 Å². The van der Waals surface area contributed by atoms with Gasteiger partial charge < -0.3 is 4.42 Å². The third-order valence-electron chi connectivity index (χ3n) is 9.09. The van der Waals surface area contributed by atoms with Crippen molar-refractivity contribution in [1.29, 1.82) is 0 Å². The maximum atomic E-state index is 6.38. The van der Waals surface area contributed by atoms with Crippen LogP contribution >= 0.6 is 0 Å². The van der Waals surface area contributed by atoms with Crippen molar-refractivity contribution in [3.63, 3.8) is 0 Å². The van der Waals surface area contributed by atoms with Crippen LogP contribution in [-0.4, -0.2) is 29.5 Å². The summed E-state index contributed by atoms with van der Waals surface area (Å²) < 4.78 is 8.52. The number of benzene rings is 6. The molecule has 0 aliphatic carbocycles. The average molecular weight is 643 g/mol. The third kappa shape index (κ3) is 4.56. The first kappa shape index (κ1) is 28.1. The molecule has 0 spiro atoms.